The van der Waals surface area contributed by atoms with Crippen molar-refractivity contribution in [3.05, 3.63) is 35.0 Å². The number of thiazole rings is 1. The number of hydrogen-bond acceptors (Lipinski definition) is 6. The Labute approximate surface area is 162 Å². The van der Waals surface area contributed by atoms with E-state index in [4.69, 9.17) is 0 Å². The van der Waals surface area contributed by atoms with Gasteiger partial charge in [0.05, 0.1) is 28.2 Å². The minimum atomic E-state index is -0.471. The van der Waals surface area contributed by atoms with Gasteiger partial charge in [-0.3, -0.25) is 4.79 Å². The largest absolute Gasteiger partial charge is 0.508 e. The summed E-state index contributed by atoms with van der Waals surface area (Å²) < 4.78 is 0. The summed E-state index contributed by atoms with van der Waals surface area (Å²) in [7, 11) is 0. The van der Waals surface area contributed by atoms with Gasteiger partial charge in [0.1, 0.15) is 5.75 Å². The van der Waals surface area contributed by atoms with Crippen LogP contribution >= 0.6 is 36.2 Å². The average molecular weight is 406 g/mol. The third-order valence-corrected chi connectivity index (χ3v) is 4.95. The minimum Gasteiger partial charge on any atom is -0.508 e. The number of aliphatic hydroxyl groups is 1. The Balaban J connectivity index is 0.00000156. The second-order valence-electron chi connectivity index (χ2n) is 5.68. The van der Waals surface area contributed by atoms with Gasteiger partial charge in [-0.1, -0.05) is 12.1 Å². The molecule has 138 valence electrons. The van der Waals surface area contributed by atoms with E-state index in [-0.39, 0.29) is 49.1 Å². The minimum absolute atomic E-state index is 0. The van der Waals surface area contributed by atoms with Crippen LogP contribution in [0.15, 0.2) is 23.7 Å². The highest BCUT2D eigenvalue weighted by molar-refractivity contribution is 7.13. The molecule has 1 amide bonds. The molecular formula is C16H21Cl2N3O3S. The first kappa shape index (κ1) is 21.7. The van der Waals surface area contributed by atoms with Gasteiger partial charge in [-0.2, -0.15) is 0 Å². The maximum atomic E-state index is 12.0. The number of phenols is 1. The maximum absolute atomic E-state index is 12.0. The SMILES string of the molecule is Cc1ncsc1-c1ccc(CNC(=O)[C@@H]2C[C@@H](O)CN2)c(O)c1.Cl.Cl. The van der Waals surface area contributed by atoms with Gasteiger partial charge in [-0.25, -0.2) is 4.98 Å². The number of hydrogen-bond donors (Lipinski definition) is 4. The molecule has 0 radical (unpaired) electrons. The van der Waals surface area contributed by atoms with Crippen LogP contribution in [0.5, 0.6) is 5.75 Å². The number of amides is 1. The summed E-state index contributed by atoms with van der Waals surface area (Å²) in [5.41, 5.74) is 4.28. The number of β-amino-alcohol motifs (C(OH)–C–C–N with tert-alkyl or cyclic N) is 1. The fourth-order valence-electron chi connectivity index (χ4n) is 2.66. The van der Waals surface area contributed by atoms with Crippen LogP contribution in [-0.2, 0) is 11.3 Å². The lowest BCUT2D eigenvalue weighted by molar-refractivity contribution is -0.123. The lowest BCUT2D eigenvalue weighted by Crippen LogP contribution is -2.40. The summed E-state index contributed by atoms with van der Waals surface area (Å²) >= 11 is 1.53. The number of benzene rings is 1. The molecule has 6 nitrogen and oxygen atoms in total. The van der Waals surface area contributed by atoms with E-state index in [2.05, 4.69) is 15.6 Å². The molecule has 0 bridgehead atoms. The van der Waals surface area contributed by atoms with Gasteiger partial charge in [0.25, 0.3) is 0 Å². The molecule has 1 aromatic heterocycles. The molecule has 1 saturated heterocycles. The van der Waals surface area contributed by atoms with Crippen molar-refractivity contribution in [2.45, 2.75) is 32.0 Å². The average Bonchev–Trinajstić information content (AvgIpc) is 3.14. The summed E-state index contributed by atoms with van der Waals surface area (Å²) in [5.74, 6) is -0.0154. The van der Waals surface area contributed by atoms with Crippen molar-refractivity contribution in [2.24, 2.45) is 0 Å². The summed E-state index contributed by atoms with van der Waals surface area (Å²) in [6.45, 7) is 2.62. The number of aliphatic hydroxyl groups excluding tert-OH is 1. The number of carbonyl (C=O) groups is 1. The number of halogens is 2. The van der Waals surface area contributed by atoms with Crippen LogP contribution in [0.2, 0.25) is 0 Å². The first-order chi connectivity index (χ1) is 11.0. The Morgan fingerprint density at radius 2 is 2.20 bits per heavy atom. The molecule has 9 heteroatoms. The number of aryl methyl sites for hydroxylation is 1. The lowest BCUT2D eigenvalue weighted by atomic mass is 10.1. The van der Waals surface area contributed by atoms with Gasteiger partial charge in [0, 0.05) is 18.7 Å². The molecule has 1 aliphatic heterocycles. The van der Waals surface area contributed by atoms with Gasteiger partial charge >= 0.3 is 0 Å². The fraction of sp³-hybridized carbons (Fsp3) is 0.375. The first-order valence-electron chi connectivity index (χ1n) is 7.46. The van der Waals surface area contributed by atoms with Crippen LogP contribution < -0.4 is 10.6 Å². The van der Waals surface area contributed by atoms with E-state index >= 15 is 0 Å². The smallest absolute Gasteiger partial charge is 0.237 e. The Morgan fingerprint density at radius 3 is 2.76 bits per heavy atom. The summed E-state index contributed by atoms with van der Waals surface area (Å²) in [6, 6.07) is 5.05. The standard InChI is InChI=1S/C16H19N3O3S.2ClH/c1-9-15(23-8-19-9)10-2-3-11(14(21)4-10)6-18-16(22)13-5-12(20)7-17-13;;/h2-4,8,12-13,17,20-21H,5-7H2,1H3,(H,18,22);2*1H/t12-,13+;;/m1../s1. The van der Waals surface area contributed by atoms with Gasteiger partial charge < -0.3 is 20.8 Å². The predicted molar refractivity (Wildman–Crippen MR) is 103 cm³/mol. The highest BCUT2D eigenvalue weighted by atomic mass is 35.5. The van der Waals surface area contributed by atoms with E-state index in [1.54, 1.807) is 17.6 Å². The number of rotatable bonds is 4. The Bertz CT molecular complexity index is 726. The number of nitrogens with zero attached hydrogens (tertiary/aromatic N) is 1. The van der Waals surface area contributed by atoms with Crippen LogP contribution in [0, 0.1) is 6.92 Å². The zero-order valence-electron chi connectivity index (χ0n) is 13.6. The summed E-state index contributed by atoms with van der Waals surface area (Å²) in [4.78, 5) is 17.2. The second kappa shape index (κ2) is 9.35. The Kier molecular flexibility index (Phi) is 8.11. The number of carbonyl (C=O) groups excluding carboxylic acids is 1. The number of aromatic hydroxyl groups is 1. The molecule has 3 rings (SSSR count). The molecule has 2 atom stereocenters. The molecule has 0 unspecified atom stereocenters. The molecular weight excluding hydrogens is 385 g/mol. The normalized spacial score (nSPS) is 19.0. The maximum Gasteiger partial charge on any atom is 0.237 e. The summed E-state index contributed by atoms with van der Waals surface area (Å²) in [6.07, 6.45) is -0.0532. The molecule has 4 N–H and O–H groups in total. The highest BCUT2D eigenvalue weighted by Gasteiger charge is 2.27. The third-order valence-electron chi connectivity index (χ3n) is 3.97. The predicted octanol–water partition coefficient (Wildman–Crippen LogP) is 2.01. The van der Waals surface area contributed by atoms with E-state index in [0.717, 1.165) is 16.1 Å². The molecule has 1 aliphatic rings. The molecule has 1 aromatic carbocycles. The molecule has 2 heterocycles. The van der Waals surface area contributed by atoms with E-state index in [1.165, 1.54) is 11.3 Å². The number of nitrogens with one attached hydrogen (secondary N) is 2. The Hall–Kier alpha value is -1.38. The van der Waals surface area contributed by atoms with Crippen molar-refractivity contribution in [3.8, 4) is 16.2 Å². The quantitative estimate of drug-likeness (QED) is 0.623. The number of phenolic OH excluding ortho intramolecular Hbond substituents is 1. The van der Waals surface area contributed by atoms with Gasteiger partial charge in [-0.05, 0) is 25.0 Å². The molecule has 2 aromatic rings. The van der Waals surface area contributed by atoms with E-state index in [0.29, 0.717) is 18.5 Å². The van der Waals surface area contributed by atoms with E-state index in [1.807, 2.05) is 13.0 Å². The monoisotopic (exact) mass is 405 g/mol. The molecule has 0 spiro atoms. The topological polar surface area (TPSA) is 94.5 Å². The van der Waals surface area contributed by atoms with Gasteiger partial charge in [-0.15, -0.1) is 36.2 Å². The van der Waals surface area contributed by atoms with E-state index < -0.39 is 6.10 Å². The zero-order valence-corrected chi connectivity index (χ0v) is 16.0. The molecule has 0 aliphatic carbocycles. The van der Waals surface area contributed by atoms with Gasteiger partial charge in [0.2, 0.25) is 5.91 Å². The van der Waals surface area contributed by atoms with E-state index in [9.17, 15) is 15.0 Å². The zero-order chi connectivity index (χ0) is 16.4. The lowest BCUT2D eigenvalue weighted by Gasteiger charge is -2.12. The van der Waals surface area contributed by atoms with Crippen molar-refractivity contribution >= 4 is 42.1 Å². The fourth-order valence-corrected chi connectivity index (χ4v) is 3.46. The molecule has 0 saturated carbocycles. The van der Waals surface area contributed by atoms with Crippen molar-refractivity contribution in [3.63, 3.8) is 0 Å². The summed E-state index contributed by atoms with van der Waals surface area (Å²) in [5, 5.41) is 25.4. The van der Waals surface area contributed by atoms with Crippen LogP contribution in [0.4, 0.5) is 0 Å². The van der Waals surface area contributed by atoms with Crippen LogP contribution in [0.25, 0.3) is 10.4 Å². The number of aromatic nitrogens is 1. The second-order valence-corrected chi connectivity index (χ2v) is 6.53. The van der Waals surface area contributed by atoms with Gasteiger partial charge in [0.15, 0.2) is 0 Å². The third kappa shape index (κ3) is 5.05. The van der Waals surface area contributed by atoms with Crippen molar-refractivity contribution in [1.82, 2.24) is 15.6 Å². The van der Waals surface area contributed by atoms with Crippen molar-refractivity contribution in [2.75, 3.05) is 6.54 Å². The Morgan fingerprint density at radius 1 is 1.44 bits per heavy atom. The van der Waals surface area contributed by atoms with Crippen LogP contribution in [0.3, 0.4) is 0 Å². The molecule has 1 fully saturated rings. The molecule has 25 heavy (non-hydrogen) atoms. The first-order valence-corrected chi connectivity index (χ1v) is 8.34. The van der Waals surface area contributed by atoms with Crippen LogP contribution in [-0.4, -0.2) is 39.8 Å². The van der Waals surface area contributed by atoms with Crippen molar-refractivity contribution in [1.29, 1.82) is 0 Å². The van der Waals surface area contributed by atoms with Crippen molar-refractivity contribution < 1.29 is 15.0 Å². The van der Waals surface area contributed by atoms with Crippen LogP contribution in [0.1, 0.15) is 17.7 Å². The highest BCUT2D eigenvalue weighted by Crippen LogP contribution is 2.31.